The minimum absolute atomic E-state index is 0.450. The Bertz CT molecular complexity index is 326. The van der Waals surface area contributed by atoms with E-state index in [4.69, 9.17) is 0 Å². The minimum atomic E-state index is 0.450. The molecule has 1 nitrogen and oxygen atoms in total. The molecule has 1 heteroatoms. The van der Waals surface area contributed by atoms with Gasteiger partial charge in [-0.1, -0.05) is 24.3 Å². The van der Waals surface area contributed by atoms with Crippen molar-refractivity contribution in [2.45, 2.75) is 19.9 Å². The van der Waals surface area contributed by atoms with E-state index in [1.54, 1.807) is 0 Å². The highest BCUT2D eigenvalue weighted by atomic mass is 14.9. The summed E-state index contributed by atoms with van der Waals surface area (Å²) in [6.07, 6.45) is 2.19. The van der Waals surface area contributed by atoms with E-state index >= 15 is 0 Å². The third-order valence-electron chi connectivity index (χ3n) is 2.28. The lowest BCUT2D eigenvalue weighted by Crippen LogP contribution is -2.20. The molecule has 0 amide bonds. The van der Waals surface area contributed by atoms with Crippen LogP contribution in [-0.4, -0.2) is 0 Å². The first-order chi connectivity index (χ1) is 5.77. The van der Waals surface area contributed by atoms with Crippen LogP contribution < -0.4 is 5.32 Å². The van der Waals surface area contributed by atoms with Crippen LogP contribution in [0.25, 0.3) is 6.08 Å². The van der Waals surface area contributed by atoms with Gasteiger partial charge in [0.25, 0.3) is 0 Å². The van der Waals surface area contributed by atoms with E-state index in [-0.39, 0.29) is 0 Å². The van der Waals surface area contributed by atoms with E-state index in [0.717, 1.165) is 0 Å². The summed E-state index contributed by atoms with van der Waals surface area (Å²) < 4.78 is 0. The second-order valence-electron chi connectivity index (χ2n) is 3.32. The molecule has 0 radical (unpaired) electrons. The third kappa shape index (κ3) is 1.11. The molecule has 0 bridgehead atoms. The first kappa shape index (κ1) is 7.41. The predicted octanol–water partition coefficient (Wildman–Crippen LogP) is 2.71. The minimum Gasteiger partial charge on any atom is -0.382 e. The van der Waals surface area contributed by atoms with Crippen LogP contribution in [0.15, 0.2) is 30.0 Å². The molecular weight excluding hydrogens is 146 g/mol. The zero-order valence-electron chi connectivity index (χ0n) is 7.46. The monoisotopic (exact) mass is 159 g/mol. The van der Waals surface area contributed by atoms with Crippen LogP contribution in [0.4, 0.5) is 0 Å². The SMILES string of the molecule is CC1=Cc2ccccc2C(C)N1. The maximum Gasteiger partial charge on any atom is 0.0488 e. The predicted molar refractivity (Wildman–Crippen MR) is 51.6 cm³/mol. The van der Waals surface area contributed by atoms with Gasteiger partial charge in [-0.2, -0.15) is 0 Å². The summed E-state index contributed by atoms with van der Waals surface area (Å²) >= 11 is 0. The third-order valence-corrected chi connectivity index (χ3v) is 2.28. The Hall–Kier alpha value is -1.24. The largest absolute Gasteiger partial charge is 0.382 e. The van der Waals surface area contributed by atoms with E-state index in [1.807, 2.05) is 0 Å². The van der Waals surface area contributed by atoms with E-state index in [1.165, 1.54) is 16.8 Å². The quantitative estimate of drug-likeness (QED) is 0.613. The summed E-state index contributed by atoms with van der Waals surface area (Å²) in [4.78, 5) is 0. The molecular formula is C11H13N. The standard InChI is InChI=1S/C11H13N/c1-8-7-10-5-3-4-6-11(10)9(2)12-8/h3-7,9,12H,1-2H3. The van der Waals surface area contributed by atoms with Crippen molar-refractivity contribution in [3.05, 3.63) is 41.1 Å². The summed E-state index contributed by atoms with van der Waals surface area (Å²) in [5.74, 6) is 0. The van der Waals surface area contributed by atoms with E-state index in [0.29, 0.717) is 6.04 Å². The van der Waals surface area contributed by atoms with E-state index in [2.05, 4.69) is 49.5 Å². The van der Waals surface area contributed by atoms with Crippen molar-refractivity contribution < 1.29 is 0 Å². The molecule has 0 aromatic heterocycles. The van der Waals surface area contributed by atoms with Crippen LogP contribution in [-0.2, 0) is 0 Å². The summed E-state index contributed by atoms with van der Waals surface area (Å²) in [5, 5.41) is 3.40. The first-order valence-electron chi connectivity index (χ1n) is 4.31. The topological polar surface area (TPSA) is 12.0 Å². The summed E-state index contributed by atoms with van der Waals surface area (Å²) in [7, 11) is 0. The van der Waals surface area contributed by atoms with Crippen LogP contribution in [0.1, 0.15) is 31.0 Å². The van der Waals surface area contributed by atoms with Gasteiger partial charge in [-0.15, -0.1) is 0 Å². The van der Waals surface area contributed by atoms with E-state index in [9.17, 15) is 0 Å². The fraction of sp³-hybridized carbons (Fsp3) is 0.273. The molecule has 1 N–H and O–H groups in total. The van der Waals surface area contributed by atoms with Gasteiger partial charge in [-0.05, 0) is 31.1 Å². The van der Waals surface area contributed by atoms with Gasteiger partial charge in [0, 0.05) is 11.7 Å². The second kappa shape index (κ2) is 2.67. The summed E-state index contributed by atoms with van der Waals surface area (Å²) in [6, 6.07) is 8.96. The fourth-order valence-corrected chi connectivity index (χ4v) is 1.73. The van der Waals surface area contributed by atoms with Crippen LogP contribution in [0.5, 0.6) is 0 Å². The Morgan fingerprint density at radius 2 is 2.00 bits per heavy atom. The second-order valence-corrected chi connectivity index (χ2v) is 3.32. The number of fused-ring (bicyclic) bond motifs is 1. The van der Waals surface area contributed by atoms with Gasteiger partial charge < -0.3 is 5.32 Å². The van der Waals surface area contributed by atoms with Gasteiger partial charge in [-0.25, -0.2) is 0 Å². The van der Waals surface area contributed by atoms with Crippen molar-refractivity contribution in [3.8, 4) is 0 Å². The Morgan fingerprint density at radius 1 is 1.25 bits per heavy atom. The van der Waals surface area contributed by atoms with Gasteiger partial charge in [-0.3, -0.25) is 0 Å². The molecule has 1 aliphatic heterocycles. The summed E-state index contributed by atoms with van der Waals surface area (Å²) in [6.45, 7) is 4.29. The molecule has 0 aliphatic carbocycles. The molecule has 1 atom stereocenters. The molecule has 1 aromatic carbocycles. The number of hydrogen-bond acceptors (Lipinski definition) is 1. The van der Waals surface area contributed by atoms with Gasteiger partial charge in [0.1, 0.15) is 0 Å². The lowest BCUT2D eigenvalue weighted by atomic mass is 9.97. The lowest BCUT2D eigenvalue weighted by Gasteiger charge is -2.23. The lowest BCUT2D eigenvalue weighted by molar-refractivity contribution is 0.646. The van der Waals surface area contributed by atoms with Gasteiger partial charge in [0.05, 0.1) is 0 Å². The molecule has 0 saturated carbocycles. The zero-order valence-corrected chi connectivity index (χ0v) is 7.46. The van der Waals surface area contributed by atoms with Crippen LogP contribution in [0.2, 0.25) is 0 Å². The highest BCUT2D eigenvalue weighted by Crippen LogP contribution is 2.24. The van der Waals surface area contributed by atoms with Crippen molar-refractivity contribution in [2.75, 3.05) is 0 Å². The molecule has 1 unspecified atom stereocenters. The maximum atomic E-state index is 3.40. The van der Waals surface area contributed by atoms with Crippen molar-refractivity contribution in [3.63, 3.8) is 0 Å². The molecule has 0 fully saturated rings. The van der Waals surface area contributed by atoms with Crippen molar-refractivity contribution in [2.24, 2.45) is 0 Å². The normalized spacial score (nSPS) is 20.8. The number of benzene rings is 1. The molecule has 0 saturated heterocycles. The number of rotatable bonds is 0. The highest BCUT2D eigenvalue weighted by Gasteiger charge is 2.12. The van der Waals surface area contributed by atoms with Crippen LogP contribution in [0.3, 0.4) is 0 Å². The van der Waals surface area contributed by atoms with Gasteiger partial charge in [0.15, 0.2) is 0 Å². The molecule has 12 heavy (non-hydrogen) atoms. The number of nitrogens with one attached hydrogen (secondary N) is 1. The molecule has 1 aliphatic rings. The molecule has 2 rings (SSSR count). The van der Waals surface area contributed by atoms with Gasteiger partial charge in [0.2, 0.25) is 0 Å². The average Bonchev–Trinajstić information content (AvgIpc) is 2.04. The smallest absolute Gasteiger partial charge is 0.0488 e. The first-order valence-corrected chi connectivity index (χ1v) is 4.31. The van der Waals surface area contributed by atoms with Gasteiger partial charge >= 0.3 is 0 Å². The average molecular weight is 159 g/mol. The van der Waals surface area contributed by atoms with Crippen molar-refractivity contribution in [1.82, 2.24) is 5.32 Å². The number of hydrogen-bond donors (Lipinski definition) is 1. The summed E-state index contributed by atoms with van der Waals surface area (Å²) in [5.41, 5.74) is 3.99. The number of allylic oxidation sites excluding steroid dienone is 1. The Morgan fingerprint density at radius 3 is 2.83 bits per heavy atom. The molecule has 62 valence electrons. The fourth-order valence-electron chi connectivity index (χ4n) is 1.73. The highest BCUT2D eigenvalue weighted by molar-refractivity contribution is 5.59. The Kier molecular flexibility index (Phi) is 1.65. The Balaban J connectivity index is 2.55. The molecule has 1 aromatic rings. The Labute approximate surface area is 73.1 Å². The zero-order chi connectivity index (χ0) is 8.55. The molecule has 0 spiro atoms. The van der Waals surface area contributed by atoms with Crippen molar-refractivity contribution in [1.29, 1.82) is 0 Å². The van der Waals surface area contributed by atoms with E-state index < -0.39 is 0 Å². The molecule has 1 heterocycles. The van der Waals surface area contributed by atoms with Crippen LogP contribution >= 0.6 is 0 Å². The van der Waals surface area contributed by atoms with Crippen LogP contribution in [0, 0.1) is 0 Å². The van der Waals surface area contributed by atoms with Crippen molar-refractivity contribution >= 4 is 6.08 Å². The maximum absolute atomic E-state index is 3.40.